The number of pyridine rings is 1. The molecule has 2 aromatic rings. The largest absolute Gasteiger partial charge is 0.381 e. The maximum Gasteiger partial charge on any atom is 0.259 e. The summed E-state index contributed by atoms with van der Waals surface area (Å²) in [5.74, 6) is -0.114. The zero-order valence-electron chi connectivity index (χ0n) is 18.8. The third-order valence-electron chi connectivity index (χ3n) is 6.91. The number of carbonyl (C=O) groups is 1. The third kappa shape index (κ3) is 3.77. The van der Waals surface area contributed by atoms with Gasteiger partial charge in [-0.1, -0.05) is 0 Å². The smallest absolute Gasteiger partial charge is 0.259 e. The fourth-order valence-corrected chi connectivity index (χ4v) is 6.81. The Morgan fingerprint density at radius 1 is 1.12 bits per heavy atom. The molecule has 1 aromatic carbocycles. The van der Waals surface area contributed by atoms with Crippen LogP contribution in [0.2, 0.25) is 0 Å². The van der Waals surface area contributed by atoms with Crippen molar-refractivity contribution in [1.29, 1.82) is 5.26 Å². The van der Waals surface area contributed by atoms with Crippen LogP contribution >= 0.6 is 0 Å². The molecule has 2 aliphatic heterocycles. The van der Waals surface area contributed by atoms with E-state index in [1.54, 1.807) is 39.8 Å². The number of anilines is 2. The molecule has 1 saturated heterocycles. The lowest BCUT2D eigenvalue weighted by molar-refractivity contribution is 0.0982. The number of nitriles is 1. The van der Waals surface area contributed by atoms with Gasteiger partial charge in [-0.2, -0.15) is 5.26 Å². The normalized spacial score (nSPS) is 21.0. The van der Waals surface area contributed by atoms with Crippen molar-refractivity contribution in [2.75, 3.05) is 23.3 Å². The van der Waals surface area contributed by atoms with E-state index in [1.807, 2.05) is 19.9 Å². The van der Waals surface area contributed by atoms with Gasteiger partial charge in [0.1, 0.15) is 0 Å². The van der Waals surface area contributed by atoms with Gasteiger partial charge in [0.2, 0.25) is 10.0 Å². The van der Waals surface area contributed by atoms with Crippen LogP contribution in [0.5, 0.6) is 0 Å². The van der Waals surface area contributed by atoms with Crippen LogP contribution in [0.1, 0.15) is 61.0 Å². The number of rotatable bonds is 5. The van der Waals surface area contributed by atoms with Crippen LogP contribution in [0.25, 0.3) is 0 Å². The number of amides is 1. The number of sulfonamides is 1. The van der Waals surface area contributed by atoms with Crippen LogP contribution < -0.4 is 10.2 Å². The lowest BCUT2D eigenvalue weighted by Crippen LogP contribution is -2.43. The minimum Gasteiger partial charge on any atom is -0.381 e. The first-order chi connectivity index (χ1) is 15.7. The van der Waals surface area contributed by atoms with Crippen molar-refractivity contribution in [3.63, 3.8) is 0 Å². The Morgan fingerprint density at radius 3 is 2.52 bits per heavy atom. The van der Waals surface area contributed by atoms with Crippen LogP contribution in [0.4, 0.5) is 11.4 Å². The topological polar surface area (TPSA) is 106 Å². The summed E-state index contributed by atoms with van der Waals surface area (Å²) in [5.41, 5.74) is 2.81. The van der Waals surface area contributed by atoms with Crippen LogP contribution in [0.3, 0.4) is 0 Å². The molecule has 3 heterocycles. The first-order valence-corrected chi connectivity index (χ1v) is 12.8. The molecule has 172 valence electrons. The molecule has 3 aliphatic rings. The van der Waals surface area contributed by atoms with Gasteiger partial charge in [0.15, 0.2) is 0 Å². The number of benzene rings is 1. The second kappa shape index (κ2) is 7.82. The van der Waals surface area contributed by atoms with Crippen molar-refractivity contribution in [1.82, 2.24) is 9.29 Å². The summed E-state index contributed by atoms with van der Waals surface area (Å²) in [5, 5.41) is 12.6. The van der Waals surface area contributed by atoms with E-state index in [9.17, 15) is 18.5 Å². The van der Waals surface area contributed by atoms with Crippen LogP contribution in [-0.2, 0) is 15.6 Å². The van der Waals surface area contributed by atoms with Crippen molar-refractivity contribution in [2.45, 2.75) is 56.4 Å². The van der Waals surface area contributed by atoms with Gasteiger partial charge in [0.05, 0.1) is 46.2 Å². The SMILES string of the molecule is CC1(C)c2cc(C#N)ccc2C(=O)N1c1cncc(NC2CCN(S(=O)(=O)C3CC3)CC2)c1. The van der Waals surface area contributed by atoms with Crippen molar-refractivity contribution >= 4 is 27.3 Å². The molecule has 1 aromatic heterocycles. The molecule has 0 radical (unpaired) electrons. The van der Waals surface area contributed by atoms with Gasteiger partial charge in [0.25, 0.3) is 5.91 Å². The molecule has 0 atom stereocenters. The molecule has 1 amide bonds. The van der Waals surface area contributed by atoms with E-state index in [0.29, 0.717) is 29.9 Å². The van der Waals surface area contributed by atoms with Gasteiger partial charge < -0.3 is 5.32 Å². The molecular weight excluding hydrogens is 438 g/mol. The number of hydrogen-bond donors (Lipinski definition) is 1. The maximum absolute atomic E-state index is 13.2. The summed E-state index contributed by atoms with van der Waals surface area (Å²) in [4.78, 5) is 19.3. The Hall–Kier alpha value is -2.96. The van der Waals surface area contributed by atoms with E-state index >= 15 is 0 Å². The van der Waals surface area contributed by atoms with E-state index in [-0.39, 0.29) is 17.2 Å². The number of nitrogens with zero attached hydrogens (tertiary/aromatic N) is 4. The minimum absolute atomic E-state index is 0.114. The van der Waals surface area contributed by atoms with Crippen LogP contribution in [-0.4, -0.2) is 48.0 Å². The predicted octanol–water partition coefficient (Wildman–Crippen LogP) is 3.22. The second-order valence-electron chi connectivity index (χ2n) is 9.57. The highest BCUT2D eigenvalue weighted by molar-refractivity contribution is 7.90. The highest BCUT2D eigenvalue weighted by atomic mass is 32.2. The van der Waals surface area contributed by atoms with Gasteiger partial charge in [-0.15, -0.1) is 0 Å². The zero-order valence-corrected chi connectivity index (χ0v) is 19.6. The number of hydrogen-bond acceptors (Lipinski definition) is 6. The predicted molar refractivity (Wildman–Crippen MR) is 125 cm³/mol. The van der Waals surface area contributed by atoms with E-state index in [0.717, 1.165) is 36.9 Å². The molecule has 1 saturated carbocycles. The lowest BCUT2D eigenvalue weighted by Gasteiger charge is -2.34. The average molecular weight is 466 g/mol. The summed E-state index contributed by atoms with van der Waals surface area (Å²) in [6.45, 7) is 4.98. The average Bonchev–Trinajstić information content (AvgIpc) is 3.63. The number of aromatic nitrogens is 1. The molecular formula is C24H27N5O3S. The molecule has 1 aliphatic carbocycles. The molecule has 9 heteroatoms. The summed E-state index contributed by atoms with van der Waals surface area (Å²) in [6.07, 6.45) is 6.43. The first kappa shape index (κ1) is 21.9. The Morgan fingerprint density at radius 2 is 1.85 bits per heavy atom. The second-order valence-corrected chi connectivity index (χ2v) is 11.8. The van der Waals surface area contributed by atoms with E-state index in [4.69, 9.17) is 0 Å². The van der Waals surface area contributed by atoms with Gasteiger partial charge in [-0.25, -0.2) is 12.7 Å². The van der Waals surface area contributed by atoms with Gasteiger partial charge in [-0.05, 0) is 69.4 Å². The summed E-state index contributed by atoms with van der Waals surface area (Å²) in [6, 6.07) is 9.38. The molecule has 2 fully saturated rings. The molecule has 5 rings (SSSR count). The zero-order chi connectivity index (χ0) is 23.4. The third-order valence-corrected chi connectivity index (χ3v) is 9.31. The Kier molecular flexibility index (Phi) is 5.18. The molecule has 0 unspecified atom stereocenters. The monoisotopic (exact) mass is 465 g/mol. The maximum atomic E-state index is 13.2. The van der Waals surface area contributed by atoms with Crippen molar-refractivity contribution in [3.05, 3.63) is 53.3 Å². The standard InChI is InChI=1S/C24H27N5O3S/c1-24(2)22-11-16(13-25)3-6-21(22)23(30)29(24)19-12-18(14-26-15-19)27-17-7-9-28(10-8-17)33(31,32)20-4-5-20/h3,6,11-12,14-15,17,20,27H,4-5,7-10H2,1-2H3. The van der Waals surface area contributed by atoms with Crippen molar-refractivity contribution in [2.24, 2.45) is 0 Å². The number of piperidine rings is 1. The quantitative estimate of drug-likeness (QED) is 0.727. The van der Waals surface area contributed by atoms with Gasteiger partial charge in [-0.3, -0.25) is 14.7 Å². The van der Waals surface area contributed by atoms with E-state index < -0.39 is 15.6 Å². The molecule has 0 bridgehead atoms. The Balaban J connectivity index is 1.32. The number of carbonyl (C=O) groups excluding carboxylic acids is 1. The van der Waals surface area contributed by atoms with Gasteiger partial charge in [0, 0.05) is 24.7 Å². The first-order valence-electron chi connectivity index (χ1n) is 11.3. The summed E-state index contributed by atoms with van der Waals surface area (Å²) < 4.78 is 26.6. The van der Waals surface area contributed by atoms with Crippen molar-refractivity contribution in [3.8, 4) is 6.07 Å². The fraction of sp³-hybridized carbons (Fsp3) is 0.458. The van der Waals surface area contributed by atoms with E-state index in [2.05, 4.69) is 16.4 Å². The number of fused-ring (bicyclic) bond motifs is 1. The highest BCUT2D eigenvalue weighted by Gasteiger charge is 2.44. The highest BCUT2D eigenvalue weighted by Crippen LogP contribution is 2.42. The molecule has 33 heavy (non-hydrogen) atoms. The van der Waals surface area contributed by atoms with E-state index in [1.165, 1.54) is 0 Å². The number of nitrogens with one attached hydrogen (secondary N) is 1. The molecule has 0 spiro atoms. The minimum atomic E-state index is -3.12. The summed E-state index contributed by atoms with van der Waals surface area (Å²) in [7, 11) is -3.12. The lowest BCUT2D eigenvalue weighted by atomic mass is 9.92. The Labute approximate surface area is 194 Å². The van der Waals surface area contributed by atoms with Crippen LogP contribution in [0.15, 0.2) is 36.7 Å². The van der Waals surface area contributed by atoms with Crippen molar-refractivity contribution < 1.29 is 13.2 Å². The fourth-order valence-electron chi connectivity index (χ4n) is 4.94. The molecule has 1 N–H and O–H groups in total. The van der Waals surface area contributed by atoms with Gasteiger partial charge >= 0.3 is 0 Å². The summed E-state index contributed by atoms with van der Waals surface area (Å²) >= 11 is 0. The Bertz CT molecular complexity index is 1260. The van der Waals surface area contributed by atoms with Crippen LogP contribution in [0, 0.1) is 11.3 Å². The molecule has 8 nitrogen and oxygen atoms in total.